The van der Waals surface area contributed by atoms with Crippen LogP contribution in [0.5, 0.6) is 0 Å². The van der Waals surface area contributed by atoms with Crippen LogP contribution in [0.2, 0.25) is 0 Å². The molecule has 0 aromatic rings. The molecule has 142 valence electrons. The van der Waals surface area contributed by atoms with Gasteiger partial charge in [-0.25, -0.2) is 0 Å². The highest BCUT2D eigenvalue weighted by atomic mass is 127. The van der Waals surface area contributed by atoms with Gasteiger partial charge in [-0.05, 0) is 13.3 Å². The molecule has 0 radical (unpaired) electrons. The number of nitrogens with zero attached hydrogens (tertiary/aromatic N) is 3. The molecule has 1 amide bonds. The van der Waals surface area contributed by atoms with Gasteiger partial charge in [0.2, 0.25) is 5.91 Å². The van der Waals surface area contributed by atoms with Crippen LogP contribution in [0.15, 0.2) is 4.99 Å². The maximum atomic E-state index is 11.3. The first-order chi connectivity index (χ1) is 11.2. The fourth-order valence-corrected chi connectivity index (χ4v) is 2.69. The standard InChI is InChI=1S/C17H35N5O.HI/c1-4-6-7-8-9-19-17(18-5-2)20-10-11-21-12-14-22(15-13-21)16(3)23;/h4-15H2,1-3H3,(H2,18,19,20);1H. The Balaban J connectivity index is 0.00000529. The normalized spacial score (nSPS) is 15.8. The summed E-state index contributed by atoms with van der Waals surface area (Å²) >= 11 is 0. The Kier molecular flexibility index (Phi) is 14.4. The molecule has 7 heteroatoms. The number of carbonyl (C=O) groups is 1. The van der Waals surface area contributed by atoms with E-state index in [1.165, 1.54) is 19.3 Å². The summed E-state index contributed by atoms with van der Waals surface area (Å²) in [6.45, 7) is 13.3. The molecular formula is C17H36IN5O. The van der Waals surface area contributed by atoms with Crippen LogP contribution in [-0.2, 0) is 4.79 Å². The van der Waals surface area contributed by atoms with Crippen molar-refractivity contribution >= 4 is 35.8 Å². The second-order valence-electron chi connectivity index (χ2n) is 6.10. The first-order valence-corrected chi connectivity index (χ1v) is 9.17. The van der Waals surface area contributed by atoms with Crippen LogP contribution in [0.3, 0.4) is 0 Å². The summed E-state index contributed by atoms with van der Waals surface area (Å²) in [5, 5.41) is 6.71. The first-order valence-electron chi connectivity index (χ1n) is 9.17. The van der Waals surface area contributed by atoms with E-state index in [-0.39, 0.29) is 29.9 Å². The van der Waals surface area contributed by atoms with Gasteiger partial charge in [-0.3, -0.25) is 14.7 Å². The summed E-state index contributed by atoms with van der Waals surface area (Å²) in [5.74, 6) is 1.11. The Morgan fingerprint density at radius 2 is 1.75 bits per heavy atom. The molecule has 0 saturated carbocycles. The molecule has 0 aromatic carbocycles. The first kappa shape index (κ1) is 23.4. The molecule has 0 unspecified atom stereocenters. The smallest absolute Gasteiger partial charge is 0.219 e. The molecule has 1 saturated heterocycles. The van der Waals surface area contributed by atoms with Crippen LogP contribution in [0.1, 0.15) is 46.5 Å². The number of hydrogen-bond donors (Lipinski definition) is 2. The second-order valence-corrected chi connectivity index (χ2v) is 6.10. The minimum atomic E-state index is 0. The molecule has 0 spiro atoms. The lowest BCUT2D eigenvalue weighted by molar-refractivity contribution is -0.130. The minimum Gasteiger partial charge on any atom is -0.357 e. The van der Waals surface area contributed by atoms with Crippen molar-refractivity contribution in [2.75, 3.05) is 52.4 Å². The molecule has 1 aliphatic heterocycles. The zero-order chi connectivity index (χ0) is 16.9. The molecule has 2 N–H and O–H groups in total. The number of piperazine rings is 1. The van der Waals surface area contributed by atoms with Crippen LogP contribution in [-0.4, -0.2) is 74.0 Å². The van der Waals surface area contributed by atoms with Gasteiger partial charge in [-0.1, -0.05) is 26.2 Å². The predicted molar refractivity (Wildman–Crippen MR) is 112 cm³/mol. The number of nitrogens with one attached hydrogen (secondary N) is 2. The summed E-state index contributed by atoms with van der Waals surface area (Å²) in [6.07, 6.45) is 4.99. The van der Waals surface area contributed by atoms with Crippen molar-refractivity contribution in [2.45, 2.75) is 46.5 Å². The Labute approximate surface area is 164 Å². The van der Waals surface area contributed by atoms with Crippen molar-refractivity contribution in [3.05, 3.63) is 0 Å². The monoisotopic (exact) mass is 453 g/mol. The predicted octanol–water partition coefficient (Wildman–Crippen LogP) is 1.90. The summed E-state index contributed by atoms with van der Waals surface area (Å²) in [7, 11) is 0. The number of guanidine groups is 1. The molecule has 0 aromatic heterocycles. The van der Waals surface area contributed by atoms with Gasteiger partial charge in [-0.2, -0.15) is 0 Å². The van der Waals surface area contributed by atoms with E-state index in [0.717, 1.165) is 64.7 Å². The highest BCUT2D eigenvalue weighted by Gasteiger charge is 2.17. The van der Waals surface area contributed by atoms with Crippen molar-refractivity contribution < 1.29 is 4.79 Å². The molecule has 1 rings (SSSR count). The van der Waals surface area contributed by atoms with E-state index >= 15 is 0 Å². The van der Waals surface area contributed by atoms with E-state index in [1.54, 1.807) is 6.92 Å². The molecule has 1 heterocycles. The number of rotatable bonds is 9. The summed E-state index contributed by atoms with van der Waals surface area (Å²) in [5.41, 5.74) is 0. The molecule has 1 aliphatic rings. The van der Waals surface area contributed by atoms with Crippen LogP contribution < -0.4 is 10.6 Å². The third-order valence-electron chi connectivity index (χ3n) is 4.16. The average molecular weight is 453 g/mol. The number of aliphatic imine (C=N–C) groups is 1. The average Bonchev–Trinajstić information content (AvgIpc) is 2.55. The number of halogens is 1. The molecule has 6 nitrogen and oxygen atoms in total. The highest BCUT2D eigenvalue weighted by Crippen LogP contribution is 2.01. The Morgan fingerprint density at radius 1 is 1.04 bits per heavy atom. The van der Waals surface area contributed by atoms with E-state index < -0.39 is 0 Å². The van der Waals surface area contributed by atoms with Crippen molar-refractivity contribution in [3.63, 3.8) is 0 Å². The summed E-state index contributed by atoms with van der Waals surface area (Å²) < 4.78 is 0. The number of hydrogen-bond acceptors (Lipinski definition) is 3. The lowest BCUT2D eigenvalue weighted by atomic mass is 10.2. The van der Waals surface area contributed by atoms with Gasteiger partial charge in [0.1, 0.15) is 0 Å². The zero-order valence-electron chi connectivity index (χ0n) is 15.6. The zero-order valence-corrected chi connectivity index (χ0v) is 18.0. The third kappa shape index (κ3) is 10.3. The number of unbranched alkanes of at least 4 members (excludes halogenated alkanes) is 3. The minimum absolute atomic E-state index is 0. The van der Waals surface area contributed by atoms with Crippen molar-refractivity contribution in [1.29, 1.82) is 0 Å². The second kappa shape index (κ2) is 14.7. The van der Waals surface area contributed by atoms with Gasteiger partial charge in [0.25, 0.3) is 0 Å². The summed E-state index contributed by atoms with van der Waals surface area (Å²) in [6, 6.07) is 0. The SMILES string of the molecule is CCCCCCN=C(NCC)NCCN1CCN(C(C)=O)CC1.I. The number of carbonyl (C=O) groups excluding carboxylic acids is 1. The maximum absolute atomic E-state index is 11.3. The maximum Gasteiger partial charge on any atom is 0.219 e. The van der Waals surface area contributed by atoms with E-state index in [2.05, 4.69) is 34.4 Å². The van der Waals surface area contributed by atoms with Crippen LogP contribution >= 0.6 is 24.0 Å². The molecule has 24 heavy (non-hydrogen) atoms. The van der Waals surface area contributed by atoms with Crippen LogP contribution in [0.25, 0.3) is 0 Å². The van der Waals surface area contributed by atoms with E-state index in [4.69, 9.17) is 0 Å². The van der Waals surface area contributed by atoms with E-state index in [0.29, 0.717) is 0 Å². The number of amides is 1. The fourth-order valence-electron chi connectivity index (χ4n) is 2.69. The molecule has 0 aliphatic carbocycles. The van der Waals surface area contributed by atoms with Crippen LogP contribution in [0, 0.1) is 0 Å². The van der Waals surface area contributed by atoms with Gasteiger partial charge >= 0.3 is 0 Å². The van der Waals surface area contributed by atoms with Gasteiger partial charge in [0.05, 0.1) is 0 Å². The van der Waals surface area contributed by atoms with Crippen molar-refractivity contribution in [1.82, 2.24) is 20.4 Å². The topological polar surface area (TPSA) is 60.0 Å². The molecular weight excluding hydrogens is 417 g/mol. The fraction of sp³-hybridized carbons (Fsp3) is 0.882. The van der Waals surface area contributed by atoms with Gasteiger partial charge < -0.3 is 15.5 Å². The Morgan fingerprint density at radius 3 is 2.33 bits per heavy atom. The van der Waals surface area contributed by atoms with Gasteiger partial charge in [0, 0.05) is 59.3 Å². The van der Waals surface area contributed by atoms with Crippen molar-refractivity contribution in [2.24, 2.45) is 4.99 Å². The third-order valence-corrected chi connectivity index (χ3v) is 4.16. The highest BCUT2D eigenvalue weighted by molar-refractivity contribution is 14.0. The lowest BCUT2D eigenvalue weighted by Gasteiger charge is -2.34. The Hall–Kier alpha value is -0.570. The van der Waals surface area contributed by atoms with Crippen LogP contribution in [0.4, 0.5) is 0 Å². The summed E-state index contributed by atoms with van der Waals surface area (Å²) in [4.78, 5) is 20.3. The quantitative estimate of drug-likeness (QED) is 0.242. The lowest BCUT2D eigenvalue weighted by Crippen LogP contribution is -2.50. The molecule has 0 bridgehead atoms. The molecule has 0 atom stereocenters. The largest absolute Gasteiger partial charge is 0.357 e. The van der Waals surface area contributed by atoms with E-state index in [9.17, 15) is 4.79 Å². The Bertz CT molecular complexity index is 357. The molecule has 1 fully saturated rings. The van der Waals surface area contributed by atoms with Gasteiger partial charge in [-0.15, -0.1) is 24.0 Å². The van der Waals surface area contributed by atoms with E-state index in [1.807, 2.05) is 4.90 Å². The van der Waals surface area contributed by atoms with Gasteiger partial charge in [0.15, 0.2) is 5.96 Å². The van der Waals surface area contributed by atoms with Crippen molar-refractivity contribution in [3.8, 4) is 0 Å².